The van der Waals surface area contributed by atoms with E-state index >= 15 is 0 Å². The number of alkyl carbamates (subject to hydrolysis) is 1. The van der Waals surface area contributed by atoms with Gasteiger partial charge in [0.2, 0.25) is 42.0 Å². The van der Waals surface area contributed by atoms with E-state index in [0.29, 0.717) is 0 Å². The summed E-state index contributed by atoms with van der Waals surface area (Å²) >= 11 is 0. The monoisotopic (exact) mass is 993 g/mol. The van der Waals surface area contributed by atoms with Crippen LogP contribution in [0.4, 0.5) is 4.79 Å². The van der Waals surface area contributed by atoms with Crippen LogP contribution in [0.1, 0.15) is 53.0 Å². The predicted molar refractivity (Wildman–Crippen MR) is 242 cm³/mol. The van der Waals surface area contributed by atoms with Crippen LogP contribution in [0, 0.1) is 12.5 Å². The van der Waals surface area contributed by atoms with Crippen LogP contribution < -0.4 is 36.6 Å². The number of β-amino-alcohol motifs (C(OH)–C–C–N with tert-alkyl or cyclic N) is 1. The molecule has 4 rings (SSSR count). The highest BCUT2D eigenvalue weighted by atomic mass is 16.6. The van der Waals surface area contributed by atoms with E-state index < -0.39 is 165 Å². The van der Waals surface area contributed by atoms with E-state index in [1.54, 1.807) is 0 Å². The molecule has 3 aliphatic heterocycles. The first-order chi connectivity index (χ1) is 32.9. The van der Waals surface area contributed by atoms with Crippen molar-refractivity contribution < 1.29 is 83.9 Å². The maximum absolute atomic E-state index is 14.5. The Bertz CT molecular complexity index is 2070. The normalized spacial score (nSPS) is 28.9. The van der Waals surface area contributed by atoms with E-state index in [9.17, 15) is 69.3 Å². The maximum atomic E-state index is 14.5. The minimum atomic E-state index is -2.08. The number of aromatic hydroxyl groups is 1. The number of ether oxygens (including phenoxy) is 2. The van der Waals surface area contributed by atoms with Gasteiger partial charge in [0.25, 0.3) is 0 Å². The predicted octanol–water partition coefficient (Wildman–Crippen LogP) is -5.68. The molecule has 3 heterocycles. The van der Waals surface area contributed by atoms with Crippen LogP contribution in [0.2, 0.25) is 0 Å². The van der Waals surface area contributed by atoms with Gasteiger partial charge in [-0.15, -0.1) is 0 Å². The van der Waals surface area contributed by atoms with Gasteiger partial charge in [-0.3, -0.25) is 28.8 Å². The highest BCUT2D eigenvalue weighted by molar-refractivity contribution is 5.98. The average molecular weight is 994 g/mol. The van der Waals surface area contributed by atoms with Crippen LogP contribution in [0.15, 0.2) is 18.2 Å². The highest BCUT2D eigenvalue weighted by Crippen LogP contribution is 2.29. The Kier molecular flexibility index (Phi) is 20.5. The second-order valence-corrected chi connectivity index (χ2v) is 18.6. The molecule has 0 unspecified atom stereocenters. The smallest absolute Gasteiger partial charge is 0.408 e. The molecule has 70 heavy (non-hydrogen) atoms. The number of nitrogens with one attached hydrogen (secondary N) is 6. The molecule has 14 N–H and O–H groups in total. The minimum Gasteiger partial charge on any atom is -0.504 e. The van der Waals surface area contributed by atoms with Crippen LogP contribution >= 0.6 is 0 Å². The van der Waals surface area contributed by atoms with Crippen molar-refractivity contribution in [2.75, 3.05) is 52.5 Å². The summed E-state index contributed by atoms with van der Waals surface area (Å²) < 4.78 is 10.9. The van der Waals surface area contributed by atoms with Gasteiger partial charge in [-0.25, -0.2) is 11.4 Å². The van der Waals surface area contributed by atoms with E-state index in [0.717, 1.165) is 16.7 Å². The van der Waals surface area contributed by atoms with Gasteiger partial charge >= 0.3 is 6.09 Å². The first kappa shape index (κ1) is 56.7. The van der Waals surface area contributed by atoms with Crippen molar-refractivity contribution in [3.63, 3.8) is 0 Å². The first-order valence-electron chi connectivity index (χ1n) is 22.8. The zero-order valence-electron chi connectivity index (χ0n) is 39.6. The molecular formula is C44H67N9O17. The highest BCUT2D eigenvalue weighted by Gasteiger charge is 2.50. The van der Waals surface area contributed by atoms with Crippen LogP contribution in [-0.4, -0.2) is 223 Å². The van der Waals surface area contributed by atoms with Crippen LogP contribution in [0.25, 0.3) is 4.85 Å². The molecule has 0 saturated carbocycles. The molecule has 3 fully saturated rings. The van der Waals surface area contributed by atoms with Crippen LogP contribution in [-0.2, 0) is 39.9 Å². The molecule has 0 aromatic heterocycles. The van der Waals surface area contributed by atoms with Gasteiger partial charge in [0, 0.05) is 57.9 Å². The fourth-order valence-corrected chi connectivity index (χ4v) is 8.16. The number of amides is 7. The van der Waals surface area contributed by atoms with Crippen molar-refractivity contribution in [2.24, 2.45) is 5.92 Å². The number of carbonyl (C=O) groups is 7. The third-order valence-electron chi connectivity index (χ3n) is 11.7. The topological polar surface area (TPSA) is 383 Å². The molecule has 390 valence electrons. The number of rotatable bonds is 13. The van der Waals surface area contributed by atoms with Crippen LogP contribution in [0.3, 0.4) is 0 Å². The largest absolute Gasteiger partial charge is 0.504 e. The fraction of sp³-hybridized carbons (Fsp3) is 0.682. The number of hydrogen-bond donors (Lipinski definition) is 14. The summed E-state index contributed by atoms with van der Waals surface area (Å²) in [5.74, 6) is -8.12. The molecule has 0 bridgehead atoms. The van der Waals surface area contributed by atoms with E-state index in [2.05, 4.69) is 36.7 Å². The third kappa shape index (κ3) is 15.3. The second-order valence-electron chi connectivity index (χ2n) is 18.6. The molecule has 1 aromatic carbocycles. The summed E-state index contributed by atoms with van der Waals surface area (Å²) in [6, 6.07) is -7.20. The van der Waals surface area contributed by atoms with Gasteiger partial charge < -0.3 is 96.9 Å². The first-order valence-corrected chi connectivity index (χ1v) is 22.8. The summed E-state index contributed by atoms with van der Waals surface area (Å²) in [6.07, 6.45) is -13.0. The Morgan fingerprint density at radius 2 is 1.53 bits per heavy atom. The SMILES string of the molecule is [C-]#[N+]C[C@@H](O)[C@@H]1NC(=O)[C@H]([C@H](O)Cc2ccc(O)c(OCCNCCO)c2)NC(=O)[C@@H]2C[C@@H](O)CN2C(=O)[C@H]([C@@H](C)O)NC(=O)[C@@H](NC(=O)OC(C)(C)C)C[C@@H](O)CNC(=O)[C@@H]2[C@@H](O)[C@@H](C)CN2C1=O. The Morgan fingerprint density at radius 1 is 0.871 bits per heavy atom. The van der Waals surface area contributed by atoms with Gasteiger partial charge in [-0.05, 0) is 45.4 Å². The van der Waals surface area contributed by atoms with Crippen molar-refractivity contribution in [2.45, 2.75) is 132 Å². The molecule has 0 radical (unpaired) electrons. The minimum absolute atomic E-state index is 0.0336. The Morgan fingerprint density at radius 3 is 2.17 bits per heavy atom. The van der Waals surface area contributed by atoms with E-state index in [-0.39, 0.29) is 49.9 Å². The van der Waals surface area contributed by atoms with Gasteiger partial charge in [0.05, 0.1) is 37.1 Å². The molecule has 0 spiro atoms. The van der Waals surface area contributed by atoms with Crippen molar-refractivity contribution >= 4 is 41.5 Å². The number of hydrogen-bond acceptors (Lipinski definition) is 18. The lowest BCUT2D eigenvalue weighted by Crippen LogP contribution is -2.64. The average Bonchev–Trinajstić information content (AvgIpc) is 3.82. The number of phenolic OH excluding ortho intramolecular Hbond substituents is 1. The Hall–Kier alpha value is -5.92. The molecule has 0 aliphatic carbocycles. The molecule has 3 aliphatic rings. The number of phenols is 1. The van der Waals surface area contributed by atoms with Gasteiger partial charge in [0.1, 0.15) is 48.5 Å². The van der Waals surface area contributed by atoms with Crippen LogP contribution in [0.5, 0.6) is 11.5 Å². The zero-order chi connectivity index (χ0) is 52.2. The number of benzene rings is 1. The number of aliphatic hydroxyl groups excluding tert-OH is 7. The fourth-order valence-electron chi connectivity index (χ4n) is 8.16. The number of nitrogens with zero attached hydrogens (tertiary/aromatic N) is 3. The van der Waals surface area contributed by atoms with Gasteiger partial charge in [-0.1, -0.05) is 13.0 Å². The van der Waals surface area contributed by atoms with Crippen molar-refractivity contribution in [3.8, 4) is 11.5 Å². The van der Waals surface area contributed by atoms with E-state index in [4.69, 9.17) is 21.2 Å². The van der Waals surface area contributed by atoms with Gasteiger partial charge in [0.15, 0.2) is 17.6 Å². The molecule has 26 heteroatoms. The summed E-state index contributed by atoms with van der Waals surface area (Å²) in [5, 5.41) is 101. The van der Waals surface area contributed by atoms with Crippen molar-refractivity contribution in [1.82, 2.24) is 41.7 Å². The Labute approximate surface area is 403 Å². The molecule has 3 saturated heterocycles. The standard InChI is InChI=1S/C44H67N9O17/c1-21-19-53-35(36(21)61)40(65)47-17-24(56)15-26(48-43(68)70-44(3,4)5)37(62)49-32(22(2)55)41(66)52-20-25(57)16-27(52)38(63)50-33(39(64)51-34(42(53)67)30(60)18-45-6)29(59)13-23-7-8-28(58)31(14-23)69-12-10-46-9-11-54/h7-8,14,21-22,24-27,29-30,32-36,46,54-61H,9-13,15-20H2,1-5H3,(H,47,65)(H,48,68)(H,49,62)(H,50,63)(H,51,64)/t21-,22+,24+,25+,26-,27-,29+,30+,32-,33-,34-,35-,36-/m0/s1. The van der Waals surface area contributed by atoms with E-state index in [1.165, 1.54) is 45.9 Å². The van der Waals surface area contributed by atoms with Crippen molar-refractivity contribution in [1.29, 1.82) is 0 Å². The quantitative estimate of drug-likeness (QED) is 0.0647. The summed E-state index contributed by atoms with van der Waals surface area (Å²) in [4.78, 5) is 103. The molecule has 26 nitrogen and oxygen atoms in total. The third-order valence-corrected chi connectivity index (χ3v) is 11.7. The van der Waals surface area contributed by atoms with E-state index in [1.807, 2.05) is 0 Å². The lowest BCUT2D eigenvalue weighted by molar-refractivity contribution is -0.147. The summed E-state index contributed by atoms with van der Waals surface area (Å²) in [6.45, 7) is 12.8. The molecular weight excluding hydrogens is 927 g/mol. The maximum Gasteiger partial charge on any atom is 0.408 e. The van der Waals surface area contributed by atoms with Gasteiger partial charge in [-0.2, -0.15) is 0 Å². The lowest BCUT2D eigenvalue weighted by atomic mass is 9.99. The summed E-state index contributed by atoms with van der Waals surface area (Å²) in [7, 11) is 0. The number of carbonyl (C=O) groups excluding carboxylic acids is 7. The Balaban J connectivity index is 1.82. The second kappa shape index (κ2) is 25.3. The zero-order valence-corrected chi connectivity index (χ0v) is 39.6. The lowest BCUT2D eigenvalue weighted by Gasteiger charge is -2.33. The number of fused-ring (bicyclic) bond motifs is 2. The molecule has 13 atom stereocenters. The molecule has 7 amide bonds. The number of aliphatic hydroxyl groups is 7. The summed E-state index contributed by atoms with van der Waals surface area (Å²) in [5.41, 5.74) is -0.842. The van der Waals surface area contributed by atoms with Crippen molar-refractivity contribution in [3.05, 3.63) is 35.2 Å². The molecule has 1 aromatic rings.